The second kappa shape index (κ2) is 7.33. The monoisotopic (exact) mass is 348 g/mol. The molecule has 4 nitrogen and oxygen atoms in total. The fourth-order valence-electron chi connectivity index (χ4n) is 2.27. The molecule has 110 valence electrons. The lowest BCUT2D eigenvalue weighted by Gasteiger charge is -2.17. The average Bonchev–Trinajstić information content (AvgIpc) is 2.50. The van der Waals surface area contributed by atoms with E-state index in [0.29, 0.717) is 16.6 Å². The summed E-state index contributed by atoms with van der Waals surface area (Å²) in [4.78, 5) is 10.8. The molecule has 21 heavy (non-hydrogen) atoms. The first kappa shape index (κ1) is 15.7. The van der Waals surface area contributed by atoms with Gasteiger partial charge < -0.3 is 5.32 Å². The number of nitro benzene ring substituents is 1. The molecule has 0 aromatic heterocycles. The van der Waals surface area contributed by atoms with Crippen LogP contribution in [0.3, 0.4) is 0 Å². The molecule has 0 fully saturated rings. The molecule has 0 saturated heterocycles. The second-order valence-electron chi connectivity index (χ2n) is 4.78. The summed E-state index contributed by atoms with van der Waals surface area (Å²) < 4.78 is 0.716. The van der Waals surface area contributed by atoms with Crippen LogP contribution < -0.4 is 5.32 Å². The van der Waals surface area contributed by atoms with Crippen LogP contribution in [0.5, 0.6) is 0 Å². The van der Waals surface area contributed by atoms with Crippen molar-refractivity contribution in [3.05, 3.63) is 74.2 Å². The standard InChI is InChI=1S/C16H17BrN2O2/c1-2-15(12-6-4-3-5-7-12)18-11-13-8-9-14(17)10-16(13)19(20)21/h3-10,15,18H,2,11H2,1H3. The van der Waals surface area contributed by atoms with Gasteiger partial charge in [0.25, 0.3) is 5.69 Å². The van der Waals surface area contributed by atoms with Crippen LogP contribution in [0.15, 0.2) is 53.0 Å². The Labute approximate surface area is 132 Å². The molecule has 2 rings (SSSR count). The van der Waals surface area contributed by atoms with Gasteiger partial charge in [-0.05, 0) is 24.1 Å². The van der Waals surface area contributed by atoms with Gasteiger partial charge in [-0.3, -0.25) is 10.1 Å². The van der Waals surface area contributed by atoms with Crippen molar-refractivity contribution < 1.29 is 4.92 Å². The van der Waals surface area contributed by atoms with Crippen molar-refractivity contribution in [1.82, 2.24) is 5.32 Å². The van der Waals surface area contributed by atoms with Gasteiger partial charge in [0.05, 0.1) is 4.92 Å². The number of nitrogens with zero attached hydrogens (tertiary/aromatic N) is 1. The minimum absolute atomic E-state index is 0.139. The highest BCUT2D eigenvalue weighted by Crippen LogP contribution is 2.25. The molecule has 1 N–H and O–H groups in total. The van der Waals surface area contributed by atoms with Gasteiger partial charge in [-0.15, -0.1) is 0 Å². The summed E-state index contributed by atoms with van der Waals surface area (Å²) in [5.74, 6) is 0. The molecule has 0 radical (unpaired) electrons. The fraction of sp³-hybridized carbons (Fsp3) is 0.250. The van der Waals surface area contributed by atoms with E-state index < -0.39 is 0 Å². The van der Waals surface area contributed by atoms with Gasteiger partial charge in [-0.1, -0.05) is 53.2 Å². The van der Waals surface area contributed by atoms with Crippen molar-refractivity contribution in [2.24, 2.45) is 0 Å². The molecule has 0 aliphatic rings. The largest absolute Gasteiger partial charge is 0.306 e. The maximum Gasteiger partial charge on any atom is 0.275 e. The first-order valence-corrected chi connectivity index (χ1v) is 7.62. The van der Waals surface area contributed by atoms with E-state index in [4.69, 9.17) is 0 Å². The van der Waals surface area contributed by atoms with Gasteiger partial charge in [0, 0.05) is 28.7 Å². The lowest BCUT2D eigenvalue weighted by molar-refractivity contribution is -0.385. The Kier molecular flexibility index (Phi) is 5.47. The number of benzene rings is 2. The van der Waals surface area contributed by atoms with Crippen molar-refractivity contribution >= 4 is 21.6 Å². The van der Waals surface area contributed by atoms with Crippen LogP contribution in [0.1, 0.15) is 30.5 Å². The Morgan fingerprint density at radius 1 is 1.24 bits per heavy atom. The number of halogens is 1. The van der Waals surface area contributed by atoms with Crippen molar-refractivity contribution in [2.75, 3.05) is 0 Å². The average molecular weight is 349 g/mol. The van der Waals surface area contributed by atoms with Crippen molar-refractivity contribution in [3.8, 4) is 0 Å². The highest BCUT2D eigenvalue weighted by atomic mass is 79.9. The Balaban J connectivity index is 2.14. The topological polar surface area (TPSA) is 55.2 Å². The molecule has 5 heteroatoms. The molecule has 2 aromatic carbocycles. The lowest BCUT2D eigenvalue weighted by Crippen LogP contribution is -2.20. The maximum absolute atomic E-state index is 11.1. The van der Waals surface area contributed by atoms with E-state index in [1.165, 1.54) is 5.56 Å². The van der Waals surface area contributed by atoms with Crippen LogP contribution in [0.4, 0.5) is 5.69 Å². The van der Waals surface area contributed by atoms with E-state index in [-0.39, 0.29) is 16.7 Å². The molecule has 0 amide bonds. The summed E-state index contributed by atoms with van der Waals surface area (Å²) in [5.41, 5.74) is 2.03. The van der Waals surface area contributed by atoms with Crippen molar-refractivity contribution in [3.63, 3.8) is 0 Å². The summed E-state index contributed by atoms with van der Waals surface area (Å²) in [5, 5.41) is 14.5. The van der Waals surface area contributed by atoms with Crippen LogP contribution in [0.2, 0.25) is 0 Å². The van der Waals surface area contributed by atoms with Crippen molar-refractivity contribution in [1.29, 1.82) is 0 Å². The third kappa shape index (κ3) is 4.12. The van der Waals surface area contributed by atoms with E-state index >= 15 is 0 Å². The Morgan fingerprint density at radius 2 is 1.95 bits per heavy atom. The molecule has 2 aromatic rings. The lowest BCUT2D eigenvalue weighted by atomic mass is 10.0. The fourth-order valence-corrected chi connectivity index (χ4v) is 2.62. The van der Waals surface area contributed by atoms with Gasteiger partial charge >= 0.3 is 0 Å². The van der Waals surface area contributed by atoms with Crippen LogP contribution in [0, 0.1) is 10.1 Å². The van der Waals surface area contributed by atoms with Crippen molar-refractivity contribution in [2.45, 2.75) is 25.9 Å². The predicted molar refractivity (Wildman–Crippen MR) is 87.1 cm³/mol. The smallest absolute Gasteiger partial charge is 0.275 e. The zero-order chi connectivity index (χ0) is 15.2. The molecular weight excluding hydrogens is 332 g/mol. The SMILES string of the molecule is CCC(NCc1ccc(Br)cc1[N+](=O)[O-])c1ccccc1. The van der Waals surface area contributed by atoms with Crippen LogP contribution in [-0.2, 0) is 6.54 Å². The van der Waals surface area contributed by atoms with Gasteiger partial charge in [0.15, 0.2) is 0 Å². The summed E-state index contributed by atoms with van der Waals surface area (Å²) in [6.45, 7) is 2.57. The molecule has 1 unspecified atom stereocenters. The van der Waals surface area contributed by atoms with E-state index in [9.17, 15) is 10.1 Å². The number of nitro groups is 1. The van der Waals surface area contributed by atoms with Crippen LogP contribution in [0.25, 0.3) is 0 Å². The molecule has 0 spiro atoms. The Hall–Kier alpha value is -1.72. The molecule has 1 atom stereocenters. The summed E-state index contributed by atoms with van der Waals surface area (Å²) in [6.07, 6.45) is 0.925. The third-order valence-electron chi connectivity index (χ3n) is 3.39. The Bertz CT molecular complexity index is 617. The molecule has 0 bridgehead atoms. The first-order valence-electron chi connectivity index (χ1n) is 6.83. The van der Waals surface area contributed by atoms with E-state index in [1.54, 1.807) is 12.1 Å². The number of hydrogen-bond acceptors (Lipinski definition) is 3. The summed E-state index contributed by atoms with van der Waals surface area (Å²) in [7, 11) is 0. The molecule has 0 heterocycles. The minimum Gasteiger partial charge on any atom is -0.306 e. The predicted octanol–water partition coefficient (Wildman–Crippen LogP) is 4.60. The van der Waals surface area contributed by atoms with Gasteiger partial charge in [0.1, 0.15) is 0 Å². The molecule has 0 aliphatic carbocycles. The normalized spacial score (nSPS) is 12.1. The van der Waals surface area contributed by atoms with Gasteiger partial charge in [0.2, 0.25) is 0 Å². The highest BCUT2D eigenvalue weighted by molar-refractivity contribution is 9.10. The zero-order valence-electron chi connectivity index (χ0n) is 11.8. The maximum atomic E-state index is 11.1. The number of rotatable bonds is 6. The number of nitrogens with one attached hydrogen (secondary N) is 1. The highest BCUT2D eigenvalue weighted by Gasteiger charge is 2.15. The number of hydrogen-bond donors (Lipinski definition) is 1. The van der Waals surface area contributed by atoms with Crippen LogP contribution >= 0.6 is 15.9 Å². The first-order chi connectivity index (χ1) is 10.1. The summed E-state index contributed by atoms with van der Waals surface area (Å²) >= 11 is 3.27. The van der Waals surface area contributed by atoms with E-state index in [1.807, 2.05) is 24.3 Å². The molecule has 0 aliphatic heterocycles. The molecule has 0 saturated carbocycles. The second-order valence-corrected chi connectivity index (χ2v) is 5.70. The molecular formula is C16H17BrN2O2. The van der Waals surface area contributed by atoms with Gasteiger partial charge in [-0.25, -0.2) is 0 Å². The van der Waals surface area contributed by atoms with Gasteiger partial charge in [-0.2, -0.15) is 0 Å². The van der Waals surface area contributed by atoms with E-state index in [2.05, 4.69) is 40.3 Å². The quantitative estimate of drug-likeness (QED) is 0.613. The van der Waals surface area contributed by atoms with E-state index in [0.717, 1.165) is 6.42 Å². The van der Waals surface area contributed by atoms with Crippen LogP contribution in [-0.4, -0.2) is 4.92 Å². The summed E-state index contributed by atoms with van der Waals surface area (Å²) in [6, 6.07) is 15.5. The zero-order valence-corrected chi connectivity index (χ0v) is 13.3. The third-order valence-corrected chi connectivity index (χ3v) is 3.89. The minimum atomic E-state index is -0.342. The Morgan fingerprint density at radius 3 is 2.57 bits per heavy atom.